The second-order valence-electron chi connectivity index (χ2n) is 18.5. The Hall–Kier alpha value is -2.03. The summed E-state index contributed by atoms with van der Waals surface area (Å²) in [4.78, 5) is 35.4. The van der Waals surface area contributed by atoms with Crippen LogP contribution in [0.4, 0.5) is 0 Å². The number of rotatable bonds is 47. The van der Waals surface area contributed by atoms with Gasteiger partial charge in [-0.3, -0.25) is 18.6 Å². The van der Waals surface area contributed by atoms with Crippen LogP contribution in [-0.4, -0.2) is 74.9 Å². The largest absolute Gasteiger partial charge is 0.472 e. The number of likely N-dealkylation sites (N-methyl/N-ethyl adjacent to an activating group) is 1. The van der Waals surface area contributed by atoms with Crippen molar-refractivity contribution in [2.24, 2.45) is 0 Å². The topological polar surface area (TPSA) is 108 Å². The van der Waals surface area contributed by atoms with Crippen molar-refractivity contribution in [2.75, 3.05) is 47.5 Å². The molecule has 63 heavy (non-hydrogen) atoms. The van der Waals surface area contributed by atoms with Crippen molar-refractivity contribution in [2.45, 2.75) is 232 Å². The maximum atomic E-state index is 12.7. The average Bonchev–Trinajstić information content (AvgIpc) is 3.24. The molecular formula is C53H99NO8P+. The predicted molar refractivity (Wildman–Crippen MR) is 266 cm³/mol. The minimum absolute atomic E-state index is 0.0191. The number of ether oxygens (including phenoxy) is 2. The molecule has 0 heterocycles. The Labute approximate surface area is 388 Å². The molecule has 0 aromatic heterocycles. The van der Waals surface area contributed by atoms with Crippen LogP contribution in [0.25, 0.3) is 0 Å². The molecule has 0 bridgehead atoms. The van der Waals surface area contributed by atoms with Gasteiger partial charge in [0.05, 0.1) is 27.7 Å². The number of unbranched alkanes of at least 4 members (excludes halogenated alkanes) is 25. The SMILES string of the molecule is CC/C=C\C/C=C\C/C=C\C/C=C\CCC(=O)OC(COC(=O)CCCCCCCCCCCCCCCCCCCCCCCCCCCC)COP(=O)(O)OCC[N+](C)(C)C. The summed E-state index contributed by atoms with van der Waals surface area (Å²) in [5.74, 6) is -0.886. The molecule has 9 nitrogen and oxygen atoms in total. The first kappa shape index (κ1) is 61.0. The van der Waals surface area contributed by atoms with E-state index in [1.807, 2.05) is 33.3 Å². The highest BCUT2D eigenvalue weighted by Gasteiger charge is 2.27. The van der Waals surface area contributed by atoms with Crippen LogP contribution in [0.3, 0.4) is 0 Å². The molecule has 0 saturated heterocycles. The number of hydrogen-bond donors (Lipinski definition) is 1. The lowest BCUT2D eigenvalue weighted by atomic mass is 10.0. The van der Waals surface area contributed by atoms with Crippen molar-refractivity contribution in [3.63, 3.8) is 0 Å². The number of phosphoric acid groups is 1. The maximum absolute atomic E-state index is 12.7. The standard InChI is InChI=1S/C53H98NO8P/c1-6-8-10-12-14-16-18-20-21-22-23-24-25-26-27-28-29-30-31-32-34-35-37-39-41-43-45-52(55)59-49-51(50-61-63(57,58)60-48-47-54(3,4)5)62-53(56)46-44-42-40-38-36-33-19-17-15-13-11-9-7-2/h9,11,15,17,33,36,40,42,51H,6-8,10,12-14,16,18-32,34-35,37-39,41,43-50H2,1-5H3/p+1/b11-9-,17-15-,36-33-,42-40-. The van der Waals surface area contributed by atoms with Gasteiger partial charge in [-0.1, -0.05) is 223 Å². The minimum atomic E-state index is -4.40. The summed E-state index contributed by atoms with van der Waals surface area (Å²) < 4.78 is 34.3. The molecule has 1 N–H and O–H groups in total. The molecule has 0 fully saturated rings. The van der Waals surface area contributed by atoms with Crippen LogP contribution in [0.5, 0.6) is 0 Å². The average molecular weight is 909 g/mol. The van der Waals surface area contributed by atoms with Gasteiger partial charge in [-0.2, -0.15) is 0 Å². The summed E-state index contributed by atoms with van der Waals surface area (Å²) in [5.41, 5.74) is 0. The lowest BCUT2D eigenvalue weighted by Crippen LogP contribution is -2.37. The van der Waals surface area contributed by atoms with Crippen molar-refractivity contribution in [1.29, 1.82) is 0 Å². The molecule has 0 aromatic rings. The number of carbonyl (C=O) groups is 2. The molecule has 0 rings (SSSR count). The number of esters is 2. The van der Waals surface area contributed by atoms with Crippen molar-refractivity contribution >= 4 is 19.8 Å². The zero-order chi connectivity index (χ0) is 46.4. The third-order valence-corrected chi connectivity index (χ3v) is 12.1. The van der Waals surface area contributed by atoms with E-state index >= 15 is 0 Å². The van der Waals surface area contributed by atoms with Crippen molar-refractivity contribution in [3.05, 3.63) is 48.6 Å². The quantitative estimate of drug-likeness (QED) is 0.0211. The Morgan fingerprint density at radius 3 is 1.32 bits per heavy atom. The first-order valence-corrected chi connectivity index (χ1v) is 27.4. The zero-order valence-corrected chi connectivity index (χ0v) is 42.5. The van der Waals surface area contributed by atoms with Gasteiger partial charge in [-0.05, 0) is 38.5 Å². The predicted octanol–water partition coefficient (Wildman–Crippen LogP) is 15.4. The number of carbonyl (C=O) groups excluding carboxylic acids is 2. The Morgan fingerprint density at radius 1 is 0.508 bits per heavy atom. The van der Waals surface area contributed by atoms with Crippen molar-refractivity contribution in [1.82, 2.24) is 0 Å². The molecule has 0 aromatic carbocycles. The van der Waals surface area contributed by atoms with E-state index in [-0.39, 0.29) is 32.0 Å². The molecule has 0 aliphatic rings. The smallest absolute Gasteiger partial charge is 0.462 e. The van der Waals surface area contributed by atoms with Gasteiger partial charge in [-0.25, -0.2) is 4.57 Å². The fraction of sp³-hybridized carbons (Fsp3) is 0.811. The second-order valence-corrected chi connectivity index (χ2v) is 20.0. The van der Waals surface area contributed by atoms with Gasteiger partial charge in [-0.15, -0.1) is 0 Å². The fourth-order valence-electron chi connectivity index (χ4n) is 7.15. The summed E-state index contributed by atoms with van der Waals surface area (Å²) in [5, 5.41) is 0. The third-order valence-electron chi connectivity index (χ3n) is 11.1. The molecule has 0 aliphatic carbocycles. The van der Waals surface area contributed by atoms with Crippen molar-refractivity contribution in [3.8, 4) is 0 Å². The van der Waals surface area contributed by atoms with E-state index in [0.717, 1.165) is 44.9 Å². The normalized spacial score (nSPS) is 13.8. The lowest BCUT2D eigenvalue weighted by Gasteiger charge is -2.24. The number of hydrogen-bond acceptors (Lipinski definition) is 7. The fourth-order valence-corrected chi connectivity index (χ4v) is 7.89. The molecular weight excluding hydrogens is 810 g/mol. The lowest BCUT2D eigenvalue weighted by molar-refractivity contribution is -0.870. The highest BCUT2D eigenvalue weighted by Crippen LogP contribution is 2.43. The van der Waals surface area contributed by atoms with Crippen LogP contribution in [0.15, 0.2) is 48.6 Å². The van der Waals surface area contributed by atoms with Gasteiger partial charge in [0, 0.05) is 12.8 Å². The van der Waals surface area contributed by atoms with E-state index < -0.39 is 26.5 Å². The molecule has 2 unspecified atom stereocenters. The van der Waals surface area contributed by atoms with Crippen molar-refractivity contribution < 1.29 is 42.1 Å². The molecule has 2 atom stereocenters. The monoisotopic (exact) mass is 909 g/mol. The van der Waals surface area contributed by atoms with Gasteiger partial charge >= 0.3 is 19.8 Å². The number of nitrogens with zero attached hydrogens (tertiary/aromatic N) is 1. The van der Waals surface area contributed by atoms with E-state index in [1.54, 1.807) is 0 Å². The van der Waals surface area contributed by atoms with Crippen LogP contribution in [-0.2, 0) is 32.7 Å². The highest BCUT2D eigenvalue weighted by molar-refractivity contribution is 7.47. The Bertz CT molecular complexity index is 1210. The number of allylic oxidation sites excluding steroid dienone is 8. The maximum Gasteiger partial charge on any atom is 0.472 e. The van der Waals surface area contributed by atoms with Crippen LogP contribution in [0.1, 0.15) is 226 Å². The summed E-state index contributed by atoms with van der Waals surface area (Å²) in [6.45, 7) is 4.25. The van der Waals surface area contributed by atoms with Gasteiger partial charge < -0.3 is 18.9 Å². The molecule has 0 saturated carbocycles. The van der Waals surface area contributed by atoms with Gasteiger partial charge in [0.2, 0.25) is 0 Å². The van der Waals surface area contributed by atoms with Crippen LogP contribution in [0, 0.1) is 0 Å². The van der Waals surface area contributed by atoms with E-state index in [1.165, 1.54) is 148 Å². The Balaban J connectivity index is 4.14. The van der Waals surface area contributed by atoms with Gasteiger partial charge in [0.1, 0.15) is 19.8 Å². The number of quaternary nitrogens is 1. The summed E-state index contributed by atoms with van der Waals surface area (Å²) in [7, 11) is 1.44. The van der Waals surface area contributed by atoms with Crippen LogP contribution < -0.4 is 0 Å². The molecule has 0 aliphatic heterocycles. The van der Waals surface area contributed by atoms with Crippen LogP contribution in [0.2, 0.25) is 0 Å². The summed E-state index contributed by atoms with van der Waals surface area (Å²) >= 11 is 0. The van der Waals surface area contributed by atoms with Crippen LogP contribution >= 0.6 is 7.82 Å². The molecule has 0 amide bonds. The summed E-state index contributed by atoms with van der Waals surface area (Å²) in [6, 6.07) is 0. The summed E-state index contributed by atoms with van der Waals surface area (Å²) in [6.07, 6.45) is 55.0. The second kappa shape index (κ2) is 45.1. The van der Waals surface area contributed by atoms with E-state index in [2.05, 4.69) is 50.3 Å². The van der Waals surface area contributed by atoms with E-state index in [9.17, 15) is 19.0 Å². The minimum Gasteiger partial charge on any atom is -0.462 e. The molecule has 0 spiro atoms. The van der Waals surface area contributed by atoms with E-state index in [4.69, 9.17) is 18.5 Å². The Morgan fingerprint density at radius 2 is 0.905 bits per heavy atom. The highest BCUT2D eigenvalue weighted by atomic mass is 31.2. The van der Waals surface area contributed by atoms with Gasteiger partial charge in [0.15, 0.2) is 6.10 Å². The number of phosphoric ester groups is 1. The Kier molecular flexibility index (Phi) is 43.7. The first-order valence-electron chi connectivity index (χ1n) is 25.9. The molecule has 10 heteroatoms. The third kappa shape index (κ3) is 49.2. The molecule has 0 radical (unpaired) electrons. The molecule has 368 valence electrons. The van der Waals surface area contributed by atoms with E-state index in [0.29, 0.717) is 17.4 Å². The van der Waals surface area contributed by atoms with Gasteiger partial charge in [0.25, 0.3) is 0 Å². The first-order chi connectivity index (χ1) is 30.5. The zero-order valence-electron chi connectivity index (χ0n) is 41.6.